The van der Waals surface area contributed by atoms with Crippen LogP contribution in [0.4, 0.5) is 0 Å². The highest BCUT2D eigenvalue weighted by molar-refractivity contribution is 7.09. The third-order valence-electron chi connectivity index (χ3n) is 2.89. The molecule has 2 heterocycles. The fraction of sp³-hybridized carbons (Fsp3) is 0.385. The van der Waals surface area contributed by atoms with Gasteiger partial charge in [-0.25, -0.2) is 9.48 Å². The number of carboxylic acids is 1. The SMILES string of the molecule is CC(C)[C@@H](NC(=O)c1cn(Cc2cccs2)nn1)C(=O)O. The number of carbonyl (C=O) groups is 2. The molecule has 0 saturated carbocycles. The van der Waals surface area contributed by atoms with Gasteiger partial charge in [0.1, 0.15) is 6.04 Å². The van der Waals surface area contributed by atoms with Gasteiger partial charge in [0.2, 0.25) is 0 Å². The summed E-state index contributed by atoms with van der Waals surface area (Å²) in [4.78, 5) is 24.2. The summed E-state index contributed by atoms with van der Waals surface area (Å²) < 4.78 is 1.55. The number of carboxylic acid groups (broad SMARTS) is 1. The third-order valence-corrected chi connectivity index (χ3v) is 3.75. The van der Waals surface area contributed by atoms with Gasteiger partial charge in [-0.3, -0.25) is 4.79 Å². The molecule has 0 aliphatic rings. The van der Waals surface area contributed by atoms with Crippen molar-refractivity contribution in [2.45, 2.75) is 26.4 Å². The summed E-state index contributed by atoms with van der Waals surface area (Å²) in [6.45, 7) is 3.99. The van der Waals surface area contributed by atoms with E-state index in [0.717, 1.165) is 4.88 Å². The minimum absolute atomic E-state index is 0.110. The van der Waals surface area contributed by atoms with Gasteiger partial charge in [0.05, 0.1) is 12.7 Å². The summed E-state index contributed by atoms with van der Waals surface area (Å²) >= 11 is 1.59. The van der Waals surface area contributed by atoms with Gasteiger partial charge in [-0.15, -0.1) is 16.4 Å². The van der Waals surface area contributed by atoms with Crippen LogP contribution in [0.3, 0.4) is 0 Å². The highest BCUT2D eigenvalue weighted by Crippen LogP contribution is 2.10. The molecule has 0 radical (unpaired) electrons. The third kappa shape index (κ3) is 3.88. The van der Waals surface area contributed by atoms with Crippen LogP contribution < -0.4 is 5.32 Å². The quantitative estimate of drug-likeness (QED) is 0.836. The molecule has 21 heavy (non-hydrogen) atoms. The Labute approximate surface area is 125 Å². The Hall–Kier alpha value is -2.22. The summed E-state index contributed by atoms with van der Waals surface area (Å²) in [5, 5.41) is 21.1. The number of amides is 1. The Bertz CT molecular complexity index is 621. The van der Waals surface area contributed by atoms with Gasteiger partial charge in [-0.2, -0.15) is 0 Å². The molecule has 0 aliphatic heterocycles. The van der Waals surface area contributed by atoms with Crippen LogP contribution in [-0.2, 0) is 11.3 Å². The van der Waals surface area contributed by atoms with Crippen LogP contribution in [0.1, 0.15) is 29.2 Å². The highest BCUT2D eigenvalue weighted by Gasteiger charge is 2.25. The van der Waals surface area contributed by atoms with E-state index in [9.17, 15) is 9.59 Å². The van der Waals surface area contributed by atoms with Gasteiger partial charge in [0.25, 0.3) is 5.91 Å². The number of hydrogen-bond donors (Lipinski definition) is 2. The molecule has 0 aliphatic carbocycles. The van der Waals surface area contributed by atoms with Gasteiger partial charge >= 0.3 is 5.97 Å². The van der Waals surface area contributed by atoms with Crippen LogP contribution in [0.25, 0.3) is 0 Å². The average Bonchev–Trinajstić information content (AvgIpc) is 3.07. The van der Waals surface area contributed by atoms with Crippen LogP contribution in [0.5, 0.6) is 0 Å². The first-order chi connectivity index (χ1) is 9.97. The lowest BCUT2D eigenvalue weighted by Crippen LogP contribution is -2.44. The van der Waals surface area contributed by atoms with Crippen molar-refractivity contribution in [2.75, 3.05) is 0 Å². The standard InChI is InChI=1S/C13H16N4O3S/c1-8(2)11(13(19)20)14-12(18)10-7-17(16-15-10)6-9-4-3-5-21-9/h3-5,7-8,11H,6H2,1-2H3,(H,14,18)(H,19,20)/t11-/m1/s1. The maximum atomic E-state index is 12.0. The fourth-order valence-electron chi connectivity index (χ4n) is 1.77. The molecule has 2 aromatic heterocycles. The van der Waals surface area contributed by atoms with E-state index in [1.807, 2.05) is 17.5 Å². The molecule has 2 aromatic rings. The normalized spacial score (nSPS) is 12.3. The van der Waals surface area contributed by atoms with E-state index in [1.165, 1.54) is 6.20 Å². The van der Waals surface area contributed by atoms with Gasteiger partial charge in [0.15, 0.2) is 5.69 Å². The molecule has 0 aromatic carbocycles. The second kappa shape index (κ2) is 6.49. The zero-order valence-corrected chi connectivity index (χ0v) is 12.5. The molecule has 0 unspecified atom stereocenters. The molecule has 0 fully saturated rings. The second-order valence-electron chi connectivity index (χ2n) is 4.91. The van der Waals surface area contributed by atoms with Crippen LogP contribution in [0.15, 0.2) is 23.7 Å². The van der Waals surface area contributed by atoms with Crippen molar-refractivity contribution in [3.8, 4) is 0 Å². The number of thiophene rings is 1. The van der Waals surface area contributed by atoms with E-state index in [1.54, 1.807) is 29.9 Å². The van der Waals surface area contributed by atoms with E-state index in [0.29, 0.717) is 6.54 Å². The number of rotatable bonds is 6. The molecule has 1 atom stereocenters. The van der Waals surface area contributed by atoms with Crippen molar-refractivity contribution in [2.24, 2.45) is 5.92 Å². The molecular weight excluding hydrogens is 292 g/mol. The lowest BCUT2D eigenvalue weighted by Gasteiger charge is -2.16. The molecule has 2 N–H and O–H groups in total. The Morgan fingerprint density at radius 1 is 1.48 bits per heavy atom. The summed E-state index contributed by atoms with van der Waals surface area (Å²) in [5.74, 6) is -1.81. The van der Waals surface area contributed by atoms with Crippen LogP contribution in [-0.4, -0.2) is 38.0 Å². The van der Waals surface area contributed by atoms with Gasteiger partial charge in [0, 0.05) is 4.88 Å². The van der Waals surface area contributed by atoms with Crippen LogP contribution in [0.2, 0.25) is 0 Å². The largest absolute Gasteiger partial charge is 0.480 e. The van der Waals surface area contributed by atoms with Crippen molar-refractivity contribution in [3.63, 3.8) is 0 Å². The van der Waals surface area contributed by atoms with Crippen LogP contribution in [0, 0.1) is 5.92 Å². The van der Waals surface area contributed by atoms with E-state index in [4.69, 9.17) is 5.11 Å². The van der Waals surface area contributed by atoms with Gasteiger partial charge in [-0.05, 0) is 17.4 Å². The smallest absolute Gasteiger partial charge is 0.326 e. The van der Waals surface area contributed by atoms with Gasteiger partial charge < -0.3 is 10.4 Å². The molecule has 0 bridgehead atoms. The average molecular weight is 308 g/mol. The number of nitrogens with one attached hydrogen (secondary N) is 1. The molecule has 0 spiro atoms. The predicted molar refractivity (Wildman–Crippen MR) is 77.2 cm³/mol. The molecular formula is C13H16N4O3S. The molecule has 112 valence electrons. The first-order valence-electron chi connectivity index (χ1n) is 6.43. The minimum Gasteiger partial charge on any atom is -0.480 e. The first-order valence-corrected chi connectivity index (χ1v) is 7.31. The zero-order chi connectivity index (χ0) is 15.4. The lowest BCUT2D eigenvalue weighted by atomic mass is 10.0. The van der Waals surface area contributed by atoms with Crippen molar-refractivity contribution in [3.05, 3.63) is 34.3 Å². The first kappa shape index (κ1) is 15.2. The molecule has 8 heteroatoms. The monoisotopic (exact) mass is 308 g/mol. The maximum Gasteiger partial charge on any atom is 0.326 e. The van der Waals surface area contributed by atoms with E-state index in [2.05, 4.69) is 15.6 Å². The fourth-order valence-corrected chi connectivity index (χ4v) is 2.47. The lowest BCUT2D eigenvalue weighted by molar-refractivity contribution is -0.140. The molecule has 0 saturated heterocycles. The van der Waals surface area contributed by atoms with Crippen molar-refractivity contribution >= 4 is 23.2 Å². The Balaban J connectivity index is 2.03. The highest BCUT2D eigenvalue weighted by atomic mass is 32.1. The van der Waals surface area contributed by atoms with Crippen molar-refractivity contribution < 1.29 is 14.7 Å². The Morgan fingerprint density at radius 3 is 2.81 bits per heavy atom. The number of nitrogens with zero attached hydrogens (tertiary/aromatic N) is 3. The van der Waals surface area contributed by atoms with E-state index in [-0.39, 0.29) is 11.6 Å². The zero-order valence-electron chi connectivity index (χ0n) is 11.7. The van der Waals surface area contributed by atoms with E-state index >= 15 is 0 Å². The molecule has 2 rings (SSSR count). The number of hydrogen-bond acceptors (Lipinski definition) is 5. The number of carbonyl (C=O) groups excluding carboxylic acids is 1. The van der Waals surface area contributed by atoms with E-state index < -0.39 is 17.9 Å². The Morgan fingerprint density at radius 2 is 2.24 bits per heavy atom. The number of aliphatic carboxylic acids is 1. The van der Waals surface area contributed by atoms with Gasteiger partial charge in [-0.1, -0.05) is 25.1 Å². The second-order valence-corrected chi connectivity index (χ2v) is 5.95. The Kier molecular flexibility index (Phi) is 4.69. The minimum atomic E-state index is -1.07. The topological polar surface area (TPSA) is 97.1 Å². The molecule has 1 amide bonds. The van der Waals surface area contributed by atoms with Crippen molar-refractivity contribution in [1.82, 2.24) is 20.3 Å². The summed E-state index contributed by atoms with van der Waals surface area (Å²) in [5.41, 5.74) is 0.110. The summed E-state index contributed by atoms with van der Waals surface area (Å²) in [6.07, 6.45) is 1.51. The summed E-state index contributed by atoms with van der Waals surface area (Å²) in [7, 11) is 0. The maximum absolute atomic E-state index is 12.0. The van der Waals surface area contributed by atoms with Crippen LogP contribution >= 0.6 is 11.3 Å². The van der Waals surface area contributed by atoms with Crippen molar-refractivity contribution in [1.29, 1.82) is 0 Å². The number of aromatic nitrogens is 3. The molecule has 7 nitrogen and oxygen atoms in total. The summed E-state index contributed by atoms with van der Waals surface area (Å²) in [6, 6.07) is 2.95. The predicted octanol–water partition coefficient (Wildman–Crippen LogP) is 1.23.